The standard InChI is InChI=1S/C30H34N2O2/c1-21-18-25-16-17-27(20-26(25)19-22(2)32(21)29(33)34-30(3,4)5)31-28(23-12-8-6-9-13-23)24-14-10-7-11-15-24/h6-17,20-22H,18-19H2,1-5H3. The number of rotatable bonds is 3. The number of carbonyl (C=O) groups excluding carboxylic acids is 1. The minimum absolute atomic E-state index is 0.0352. The van der Waals surface area contributed by atoms with Crippen molar-refractivity contribution in [1.82, 2.24) is 4.90 Å². The lowest BCUT2D eigenvalue weighted by Crippen LogP contribution is -2.47. The molecule has 2 unspecified atom stereocenters. The van der Waals surface area contributed by atoms with Crippen LogP contribution >= 0.6 is 0 Å². The molecule has 34 heavy (non-hydrogen) atoms. The molecule has 0 aliphatic carbocycles. The number of carbonyl (C=O) groups is 1. The van der Waals surface area contributed by atoms with E-state index in [2.05, 4.69) is 56.3 Å². The molecule has 1 heterocycles. The van der Waals surface area contributed by atoms with E-state index in [4.69, 9.17) is 9.73 Å². The molecule has 4 heteroatoms. The summed E-state index contributed by atoms with van der Waals surface area (Å²) in [6.45, 7) is 9.94. The molecule has 3 aromatic rings. The molecule has 0 bridgehead atoms. The molecule has 0 N–H and O–H groups in total. The van der Waals surface area contributed by atoms with E-state index < -0.39 is 5.60 Å². The molecule has 0 saturated heterocycles. The molecule has 176 valence electrons. The summed E-state index contributed by atoms with van der Waals surface area (Å²) in [4.78, 5) is 19.9. The fourth-order valence-electron chi connectivity index (χ4n) is 4.63. The topological polar surface area (TPSA) is 41.9 Å². The van der Waals surface area contributed by atoms with Gasteiger partial charge in [0.05, 0.1) is 11.4 Å². The van der Waals surface area contributed by atoms with E-state index in [-0.39, 0.29) is 18.2 Å². The van der Waals surface area contributed by atoms with Gasteiger partial charge in [0.15, 0.2) is 0 Å². The summed E-state index contributed by atoms with van der Waals surface area (Å²) in [5.41, 5.74) is 6.04. The van der Waals surface area contributed by atoms with Crippen LogP contribution in [-0.2, 0) is 17.6 Å². The number of hydrogen-bond donors (Lipinski definition) is 0. The van der Waals surface area contributed by atoms with E-state index in [0.29, 0.717) is 0 Å². The number of aliphatic imine (C=N–C) groups is 1. The number of amides is 1. The van der Waals surface area contributed by atoms with Crippen molar-refractivity contribution in [3.05, 3.63) is 101 Å². The Morgan fingerprint density at radius 3 is 1.88 bits per heavy atom. The van der Waals surface area contributed by atoms with Gasteiger partial charge in [-0.15, -0.1) is 0 Å². The minimum Gasteiger partial charge on any atom is -0.444 e. The predicted molar refractivity (Wildman–Crippen MR) is 139 cm³/mol. The molecule has 4 rings (SSSR count). The van der Waals surface area contributed by atoms with Crippen LogP contribution in [-0.4, -0.2) is 34.4 Å². The summed E-state index contributed by atoms with van der Waals surface area (Å²) in [5, 5.41) is 0. The molecule has 0 spiro atoms. The zero-order chi connectivity index (χ0) is 24.3. The first-order valence-corrected chi connectivity index (χ1v) is 12.0. The highest BCUT2D eigenvalue weighted by atomic mass is 16.6. The number of benzene rings is 3. The largest absolute Gasteiger partial charge is 0.444 e. The Bertz CT molecular complexity index is 1120. The van der Waals surface area contributed by atoms with Crippen LogP contribution in [0.2, 0.25) is 0 Å². The zero-order valence-electron chi connectivity index (χ0n) is 20.8. The van der Waals surface area contributed by atoms with Gasteiger partial charge in [0.25, 0.3) is 0 Å². The van der Waals surface area contributed by atoms with E-state index in [1.165, 1.54) is 11.1 Å². The monoisotopic (exact) mass is 454 g/mol. The fourth-order valence-corrected chi connectivity index (χ4v) is 4.63. The maximum absolute atomic E-state index is 12.9. The minimum atomic E-state index is -0.511. The Morgan fingerprint density at radius 1 is 0.824 bits per heavy atom. The van der Waals surface area contributed by atoms with E-state index in [1.807, 2.05) is 62.1 Å². The number of nitrogens with zero attached hydrogens (tertiary/aromatic N) is 2. The SMILES string of the molecule is CC1Cc2ccc(N=C(c3ccccc3)c3ccccc3)cc2CC(C)N1C(=O)OC(C)(C)C. The maximum atomic E-state index is 12.9. The van der Waals surface area contributed by atoms with E-state index >= 15 is 0 Å². The molecule has 3 aromatic carbocycles. The Kier molecular flexibility index (Phi) is 6.87. The summed E-state index contributed by atoms with van der Waals surface area (Å²) in [6.07, 6.45) is 1.33. The van der Waals surface area contributed by atoms with Crippen molar-refractivity contribution in [2.45, 2.75) is 65.1 Å². The maximum Gasteiger partial charge on any atom is 0.410 e. The highest BCUT2D eigenvalue weighted by molar-refractivity contribution is 6.13. The van der Waals surface area contributed by atoms with Crippen molar-refractivity contribution in [3.8, 4) is 0 Å². The van der Waals surface area contributed by atoms with Gasteiger partial charge >= 0.3 is 6.09 Å². The third kappa shape index (κ3) is 5.56. The second kappa shape index (κ2) is 9.84. The van der Waals surface area contributed by atoms with Gasteiger partial charge in [-0.1, -0.05) is 66.7 Å². The first-order valence-electron chi connectivity index (χ1n) is 12.0. The molecule has 4 nitrogen and oxygen atoms in total. The van der Waals surface area contributed by atoms with Crippen LogP contribution in [0.25, 0.3) is 0 Å². The third-order valence-corrected chi connectivity index (χ3v) is 6.11. The molecular weight excluding hydrogens is 420 g/mol. The van der Waals surface area contributed by atoms with Crippen LogP contribution in [0.15, 0.2) is 83.9 Å². The molecule has 2 atom stereocenters. The van der Waals surface area contributed by atoms with Crippen molar-refractivity contribution in [1.29, 1.82) is 0 Å². The molecule has 1 aliphatic heterocycles. The highest BCUT2D eigenvalue weighted by Gasteiger charge is 2.33. The van der Waals surface area contributed by atoms with Gasteiger partial charge in [-0.05, 0) is 70.7 Å². The molecule has 0 aromatic heterocycles. The van der Waals surface area contributed by atoms with E-state index in [1.54, 1.807) is 0 Å². The van der Waals surface area contributed by atoms with E-state index in [9.17, 15) is 4.79 Å². The molecule has 0 fully saturated rings. The van der Waals surface area contributed by atoms with Gasteiger partial charge in [0.1, 0.15) is 5.60 Å². The second-order valence-electron chi connectivity index (χ2n) is 10.1. The Labute approximate surface area is 203 Å². The summed E-state index contributed by atoms with van der Waals surface area (Å²) >= 11 is 0. The Hall–Kier alpha value is -3.40. The van der Waals surface area contributed by atoms with Gasteiger partial charge in [0.2, 0.25) is 0 Å². The van der Waals surface area contributed by atoms with Crippen molar-refractivity contribution in [2.75, 3.05) is 0 Å². The van der Waals surface area contributed by atoms with Gasteiger partial charge in [0, 0.05) is 23.2 Å². The van der Waals surface area contributed by atoms with Crippen molar-refractivity contribution >= 4 is 17.5 Å². The van der Waals surface area contributed by atoms with Gasteiger partial charge in [-0.2, -0.15) is 0 Å². The quantitative estimate of drug-likeness (QED) is 0.401. The second-order valence-corrected chi connectivity index (χ2v) is 10.1. The zero-order valence-corrected chi connectivity index (χ0v) is 20.8. The average molecular weight is 455 g/mol. The van der Waals surface area contributed by atoms with Gasteiger partial charge < -0.3 is 9.64 Å². The lowest BCUT2D eigenvalue weighted by Gasteiger charge is -2.34. The average Bonchev–Trinajstić information content (AvgIpc) is 2.91. The Morgan fingerprint density at radius 2 is 1.35 bits per heavy atom. The summed E-state index contributed by atoms with van der Waals surface area (Å²) in [5.74, 6) is 0. The fraction of sp³-hybridized carbons (Fsp3) is 0.333. The van der Waals surface area contributed by atoms with Crippen molar-refractivity contribution in [3.63, 3.8) is 0 Å². The third-order valence-electron chi connectivity index (χ3n) is 6.11. The lowest BCUT2D eigenvalue weighted by molar-refractivity contribution is 0.00962. The summed E-state index contributed by atoms with van der Waals surface area (Å²) in [6, 6.07) is 27.1. The number of ether oxygens (including phenoxy) is 1. The van der Waals surface area contributed by atoms with Crippen molar-refractivity contribution < 1.29 is 9.53 Å². The van der Waals surface area contributed by atoms with Gasteiger partial charge in [-0.25, -0.2) is 9.79 Å². The highest BCUT2D eigenvalue weighted by Crippen LogP contribution is 2.29. The molecular formula is C30H34N2O2. The predicted octanol–water partition coefficient (Wildman–Crippen LogP) is 6.97. The van der Waals surface area contributed by atoms with Gasteiger partial charge in [-0.3, -0.25) is 0 Å². The van der Waals surface area contributed by atoms with Crippen molar-refractivity contribution in [2.24, 2.45) is 4.99 Å². The van der Waals surface area contributed by atoms with Crippen LogP contribution in [0.5, 0.6) is 0 Å². The van der Waals surface area contributed by atoms with Crippen LogP contribution in [0.1, 0.15) is 56.9 Å². The number of fused-ring (bicyclic) bond motifs is 1. The molecule has 0 saturated carbocycles. The summed E-state index contributed by atoms with van der Waals surface area (Å²) < 4.78 is 5.71. The van der Waals surface area contributed by atoms with E-state index in [0.717, 1.165) is 35.4 Å². The Balaban J connectivity index is 1.68. The smallest absolute Gasteiger partial charge is 0.410 e. The normalized spacial score (nSPS) is 18.0. The van der Waals surface area contributed by atoms with Crippen LogP contribution < -0.4 is 0 Å². The first-order chi connectivity index (χ1) is 16.2. The van der Waals surface area contributed by atoms with Crippen LogP contribution in [0.4, 0.5) is 10.5 Å². The van der Waals surface area contributed by atoms with Crippen LogP contribution in [0.3, 0.4) is 0 Å². The lowest BCUT2D eigenvalue weighted by atomic mass is 9.98. The molecule has 1 amide bonds. The molecule has 0 radical (unpaired) electrons. The summed E-state index contributed by atoms with van der Waals surface area (Å²) in [7, 11) is 0. The molecule has 1 aliphatic rings. The van der Waals surface area contributed by atoms with Crippen LogP contribution in [0, 0.1) is 0 Å². The number of hydrogen-bond acceptors (Lipinski definition) is 3. The first kappa shape index (κ1) is 23.7.